The molecular weight excluding hydrogens is 413 g/mol. The summed E-state index contributed by atoms with van der Waals surface area (Å²) < 4.78 is 5.35. The minimum absolute atomic E-state index is 0.0501. The van der Waals surface area contributed by atoms with Crippen LogP contribution in [0.5, 0.6) is 0 Å². The molecule has 0 radical (unpaired) electrons. The molecule has 0 heterocycles. The summed E-state index contributed by atoms with van der Waals surface area (Å²) in [4.78, 5) is 37.0. The summed E-state index contributed by atoms with van der Waals surface area (Å²) in [6, 6.07) is 2.91. The van der Waals surface area contributed by atoms with Gasteiger partial charge < -0.3 is 10.1 Å². The topological polar surface area (TPSA) is 72.5 Å². The molecule has 1 amide bonds. The minimum Gasteiger partial charge on any atom is -0.452 e. The number of carbonyl (C=O) groups excluding carboxylic acids is 3. The van der Waals surface area contributed by atoms with Gasteiger partial charge in [-0.2, -0.15) is 0 Å². The second-order valence-corrected chi connectivity index (χ2v) is 8.46. The highest BCUT2D eigenvalue weighted by atomic mass is 35.5. The zero-order chi connectivity index (χ0) is 19.7. The smallest absolute Gasteiger partial charge is 0.309 e. The van der Waals surface area contributed by atoms with Gasteiger partial charge in [-0.3, -0.25) is 14.4 Å². The van der Waals surface area contributed by atoms with Gasteiger partial charge in [0.15, 0.2) is 6.10 Å². The molecule has 3 atom stereocenters. The van der Waals surface area contributed by atoms with Crippen molar-refractivity contribution >= 4 is 58.1 Å². The van der Waals surface area contributed by atoms with Crippen LogP contribution < -0.4 is 5.32 Å². The van der Waals surface area contributed by atoms with E-state index in [-0.39, 0.29) is 39.3 Å². The summed E-state index contributed by atoms with van der Waals surface area (Å²) in [5.41, 5.74) is 0.216. The average Bonchev–Trinajstić information content (AvgIpc) is 2.57. The first-order chi connectivity index (χ1) is 12.8. The van der Waals surface area contributed by atoms with Crippen LogP contribution in [0.2, 0.25) is 15.1 Å². The predicted molar refractivity (Wildman–Crippen MR) is 104 cm³/mol. The zero-order valence-corrected chi connectivity index (χ0v) is 17.0. The van der Waals surface area contributed by atoms with Crippen molar-refractivity contribution in [2.24, 2.45) is 17.8 Å². The van der Waals surface area contributed by atoms with Crippen molar-refractivity contribution < 1.29 is 19.1 Å². The van der Waals surface area contributed by atoms with Gasteiger partial charge >= 0.3 is 5.97 Å². The fourth-order valence-electron chi connectivity index (χ4n) is 3.88. The molecule has 8 heteroatoms. The third-order valence-corrected chi connectivity index (χ3v) is 6.11. The van der Waals surface area contributed by atoms with Crippen LogP contribution >= 0.6 is 34.8 Å². The van der Waals surface area contributed by atoms with Gasteiger partial charge in [0.05, 0.1) is 21.7 Å². The second-order valence-electron chi connectivity index (χ2n) is 7.21. The fourth-order valence-corrected chi connectivity index (χ4v) is 4.79. The molecule has 1 aromatic carbocycles. The van der Waals surface area contributed by atoms with E-state index in [0.29, 0.717) is 17.9 Å². The number of nitrogens with one attached hydrogen (secondary N) is 1. The summed E-state index contributed by atoms with van der Waals surface area (Å²) in [5, 5.41) is 3.30. The molecule has 2 aliphatic carbocycles. The zero-order valence-electron chi connectivity index (χ0n) is 14.8. The number of ketones is 1. The van der Waals surface area contributed by atoms with Crippen molar-refractivity contribution in [2.75, 3.05) is 5.32 Å². The van der Waals surface area contributed by atoms with Crippen LogP contribution in [0.4, 0.5) is 5.69 Å². The van der Waals surface area contributed by atoms with E-state index in [1.54, 1.807) is 0 Å². The van der Waals surface area contributed by atoms with Crippen LogP contribution in [0.15, 0.2) is 12.1 Å². The molecule has 3 unspecified atom stereocenters. The summed E-state index contributed by atoms with van der Waals surface area (Å²) in [5.74, 6) is -1.13. The molecule has 0 aromatic heterocycles. The standard InChI is InChI=1S/C19H20Cl3NO4/c1-9(18(25)23-16-14(21)7-13(20)8-15(16)22)27-19(26)12-5-10-3-2-4-11(6-12)17(10)24/h7-12H,2-6H2,1H3,(H,23,25). The molecule has 1 N–H and O–H groups in total. The van der Waals surface area contributed by atoms with Crippen molar-refractivity contribution in [3.05, 3.63) is 27.2 Å². The lowest BCUT2D eigenvalue weighted by molar-refractivity contribution is -0.161. The monoisotopic (exact) mass is 431 g/mol. The second kappa shape index (κ2) is 8.38. The van der Waals surface area contributed by atoms with Crippen LogP contribution in [0.3, 0.4) is 0 Å². The van der Waals surface area contributed by atoms with Crippen molar-refractivity contribution in [2.45, 2.75) is 45.1 Å². The fraction of sp³-hybridized carbons (Fsp3) is 0.526. The van der Waals surface area contributed by atoms with Gasteiger partial charge in [-0.25, -0.2) is 0 Å². The maximum atomic E-state index is 12.5. The SMILES string of the molecule is CC(OC(=O)C1CC2CCCC(C1)C2=O)C(=O)Nc1c(Cl)cc(Cl)cc1Cl. The molecule has 0 spiro atoms. The maximum absolute atomic E-state index is 12.5. The van der Waals surface area contributed by atoms with E-state index >= 15 is 0 Å². The maximum Gasteiger partial charge on any atom is 0.309 e. The summed E-state index contributed by atoms with van der Waals surface area (Å²) in [7, 11) is 0. The number of carbonyl (C=O) groups is 3. The Labute approximate surface area is 172 Å². The molecular formula is C19H20Cl3NO4. The molecule has 5 nitrogen and oxygen atoms in total. The minimum atomic E-state index is -1.02. The quantitative estimate of drug-likeness (QED) is 0.686. The van der Waals surface area contributed by atoms with Gasteiger partial charge in [-0.15, -0.1) is 0 Å². The number of rotatable bonds is 4. The normalized spacial score (nSPS) is 25.6. The first kappa shape index (κ1) is 20.4. The first-order valence-corrected chi connectivity index (χ1v) is 10.1. The predicted octanol–water partition coefficient (Wildman–Crippen LogP) is 4.91. The van der Waals surface area contributed by atoms with E-state index in [1.165, 1.54) is 19.1 Å². The van der Waals surface area contributed by atoms with Crippen LogP contribution in [0.25, 0.3) is 0 Å². The average molecular weight is 433 g/mol. The molecule has 27 heavy (non-hydrogen) atoms. The van der Waals surface area contributed by atoms with E-state index in [9.17, 15) is 14.4 Å². The highest BCUT2D eigenvalue weighted by Crippen LogP contribution is 2.40. The molecule has 0 aliphatic heterocycles. The Morgan fingerprint density at radius 1 is 1.11 bits per heavy atom. The Morgan fingerprint density at radius 3 is 2.22 bits per heavy atom. The van der Waals surface area contributed by atoms with Crippen molar-refractivity contribution in [1.29, 1.82) is 0 Å². The summed E-state index contributed by atoms with van der Waals surface area (Å²) in [6.45, 7) is 1.49. The number of fused-ring (bicyclic) bond motifs is 2. The van der Waals surface area contributed by atoms with E-state index < -0.39 is 18.0 Å². The van der Waals surface area contributed by atoms with Crippen molar-refractivity contribution in [1.82, 2.24) is 0 Å². The largest absolute Gasteiger partial charge is 0.452 e. The number of benzene rings is 1. The van der Waals surface area contributed by atoms with Crippen molar-refractivity contribution in [3.63, 3.8) is 0 Å². The Bertz CT molecular complexity index is 743. The van der Waals surface area contributed by atoms with Gasteiger partial charge in [-0.05, 0) is 44.7 Å². The van der Waals surface area contributed by atoms with E-state index in [2.05, 4.69) is 5.32 Å². The third kappa shape index (κ3) is 4.58. The van der Waals surface area contributed by atoms with Gasteiger partial charge in [0, 0.05) is 16.9 Å². The summed E-state index contributed by atoms with van der Waals surface area (Å²) >= 11 is 18.0. The lowest BCUT2D eigenvalue weighted by Crippen LogP contribution is -2.41. The Morgan fingerprint density at radius 2 is 1.67 bits per heavy atom. The third-order valence-electron chi connectivity index (χ3n) is 5.30. The number of esters is 1. The molecule has 146 valence electrons. The number of ether oxygens (including phenoxy) is 1. The highest BCUT2D eigenvalue weighted by Gasteiger charge is 2.42. The van der Waals surface area contributed by atoms with Gasteiger partial charge in [0.25, 0.3) is 5.91 Å². The number of Topliss-reactive ketones (excluding diaryl/α,β-unsaturated/α-hetero) is 1. The van der Waals surface area contributed by atoms with Crippen molar-refractivity contribution in [3.8, 4) is 0 Å². The Balaban J connectivity index is 1.60. The number of anilines is 1. The van der Waals surface area contributed by atoms with Crippen LogP contribution in [0.1, 0.15) is 39.0 Å². The van der Waals surface area contributed by atoms with E-state index in [4.69, 9.17) is 39.5 Å². The van der Waals surface area contributed by atoms with Gasteiger partial charge in [0.1, 0.15) is 5.78 Å². The molecule has 0 saturated heterocycles. The Hall–Kier alpha value is -1.30. The summed E-state index contributed by atoms with van der Waals surface area (Å²) in [6.07, 6.45) is 2.71. The van der Waals surface area contributed by atoms with E-state index in [0.717, 1.165) is 19.3 Å². The molecule has 1 aromatic rings. The highest BCUT2D eigenvalue weighted by molar-refractivity contribution is 6.42. The van der Waals surface area contributed by atoms with E-state index in [1.807, 2.05) is 0 Å². The lowest BCUT2D eigenvalue weighted by Gasteiger charge is -2.36. The molecule has 2 fully saturated rings. The number of halogens is 3. The first-order valence-electron chi connectivity index (χ1n) is 8.96. The molecule has 2 aliphatic rings. The number of hydrogen-bond donors (Lipinski definition) is 1. The van der Waals surface area contributed by atoms with Gasteiger partial charge in [0.2, 0.25) is 0 Å². The van der Waals surface area contributed by atoms with Crippen LogP contribution in [0, 0.1) is 17.8 Å². The Kier molecular flexibility index (Phi) is 6.34. The number of hydrogen-bond acceptors (Lipinski definition) is 4. The molecule has 2 bridgehead atoms. The van der Waals surface area contributed by atoms with Crippen LogP contribution in [-0.2, 0) is 19.1 Å². The molecule has 2 saturated carbocycles. The lowest BCUT2D eigenvalue weighted by atomic mass is 9.67. The van der Waals surface area contributed by atoms with Gasteiger partial charge in [-0.1, -0.05) is 41.2 Å². The van der Waals surface area contributed by atoms with Crippen LogP contribution in [-0.4, -0.2) is 23.8 Å². The number of amides is 1. The molecule has 3 rings (SSSR count).